The molecule has 0 radical (unpaired) electrons. The number of rotatable bonds is 7. The van der Waals surface area contributed by atoms with Gasteiger partial charge in [0.25, 0.3) is 0 Å². The molecule has 7 nitrogen and oxygen atoms in total. The van der Waals surface area contributed by atoms with Crippen molar-refractivity contribution in [2.45, 2.75) is 32.1 Å². The summed E-state index contributed by atoms with van der Waals surface area (Å²) in [5, 5.41) is 7.05. The van der Waals surface area contributed by atoms with Gasteiger partial charge in [0.1, 0.15) is 11.5 Å². The molecule has 1 amide bonds. The molecule has 1 aromatic heterocycles. The van der Waals surface area contributed by atoms with Gasteiger partial charge in [-0.1, -0.05) is 0 Å². The van der Waals surface area contributed by atoms with Crippen molar-refractivity contribution in [1.82, 2.24) is 10.3 Å². The van der Waals surface area contributed by atoms with E-state index in [1.54, 1.807) is 20.4 Å². The summed E-state index contributed by atoms with van der Waals surface area (Å²) in [5.41, 5.74) is 1.51. The Morgan fingerprint density at radius 2 is 1.63 bits per heavy atom. The monoisotopic (exact) mass is 491 g/mol. The molecule has 0 unspecified atom stereocenters. The first-order valence-corrected chi connectivity index (χ1v) is 12.3. The number of nitrogens with zero attached hydrogens (tertiary/aromatic N) is 1. The van der Waals surface area contributed by atoms with E-state index in [4.69, 9.17) is 26.4 Å². The molecule has 0 saturated heterocycles. The largest absolute Gasteiger partial charge is 0.493 e. The molecule has 0 atom stereocenters. The highest BCUT2D eigenvalue weighted by Gasteiger charge is 2.42. The fraction of sp³-hybridized carbons (Fsp3) is 0.370. The average Bonchev–Trinajstić information content (AvgIpc) is 3.43. The number of benzene rings is 2. The highest BCUT2D eigenvalue weighted by Crippen LogP contribution is 2.50. The average molecular weight is 492 g/mol. The maximum atomic E-state index is 12.5. The standard InChI is InChI=1S/C27H29N3O4S/c1-32-24-13-21-22(15-25(24)33-2)28-12-11-23(21)34-19-9-7-18(8-10-19)29-27(35)30-26(31)14-20-16-3-4-17(20)6-5-16/h7-13,15-17,20H,3-6,14H2,1-2H3,(H2,29,30,31,35). The van der Waals surface area contributed by atoms with Crippen molar-refractivity contribution in [2.24, 2.45) is 17.8 Å². The SMILES string of the molecule is COc1cc2nccc(Oc3ccc(NC(=S)NC(=O)CC4C5CCC4CC5)cc3)c2cc1OC. The predicted octanol–water partition coefficient (Wildman–Crippen LogP) is 5.68. The molecule has 0 aliphatic heterocycles. The zero-order valence-corrected chi connectivity index (χ0v) is 20.7. The molecule has 8 heteroatoms. The lowest BCUT2D eigenvalue weighted by Crippen LogP contribution is -2.35. The van der Waals surface area contributed by atoms with E-state index in [1.165, 1.54) is 25.7 Å². The fourth-order valence-electron chi connectivity index (χ4n) is 5.54. The molecule has 2 saturated carbocycles. The number of pyridine rings is 1. The molecule has 2 bridgehead atoms. The van der Waals surface area contributed by atoms with Gasteiger partial charge in [0.05, 0.1) is 19.7 Å². The minimum Gasteiger partial charge on any atom is -0.493 e. The number of fused-ring (bicyclic) bond motifs is 3. The number of hydrogen-bond acceptors (Lipinski definition) is 6. The molecule has 35 heavy (non-hydrogen) atoms. The molecular formula is C27H29N3O4S. The molecular weight excluding hydrogens is 462 g/mol. The van der Waals surface area contributed by atoms with E-state index in [0.29, 0.717) is 40.4 Å². The molecule has 2 aromatic carbocycles. The topological polar surface area (TPSA) is 81.7 Å². The van der Waals surface area contributed by atoms with Crippen LogP contribution in [-0.4, -0.2) is 30.2 Å². The van der Waals surface area contributed by atoms with Crippen LogP contribution < -0.4 is 24.8 Å². The lowest BCUT2D eigenvalue weighted by atomic mass is 9.94. The summed E-state index contributed by atoms with van der Waals surface area (Å²) < 4.78 is 16.9. The third-order valence-electron chi connectivity index (χ3n) is 7.25. The van der Waals surface area contributed by atoms with E-state index in [9.17, 15) is 4.79 Å². The van der Waals surface area contributed by atoms with Gasteiger partial charge >= 0.3 is 0 Å². The van der Waals surface area contributed by atoms with Gasteiger partial charge < -0.3 is 24.8 Å². The molecule has 2 N–H and O–H groups in total. The van der Waals surface area contributed by atoms with Crippen LogP contribution in [0.1, 0.15) is 32.1 Å². The Morgan fingerprint density at radius 3 is 2.29 bits per heavy atom. The Hall–Kier alpha value is -3.39. The second-order valence-electron chi connectivity index (χ2n) is 9.21. The fourth-order valence-corrected chi connectivity index (χ4v) is 5.78. The lowest BCUT2D eigenvalue weighted by molar-refractivity contribution is -0.120. The van der Waals surface area contributed by atoms with E-state index in [1.807, 2.05) is 42.5 Å². The van der Waals surface area contributed by atoms with Gasteiger partial charge in [-0.05, 0) is 92.1 Å². The van der Waals surface area contributed by atoms with Crippen molar-refractivity contribution in [2.75, 3.05) is 19.5 Å². The van der Waals surface area contributed by atoms with Crippen molar-refractivity contribution in [3.8, 4) is 23.0 Å². The number of methoxy groups -OCH3 is 2. The highest BCUT2D eigenvalue weighted by atomic mass is 32.1. The van der Waals surface area contributed by atoms with Crippen LogP contribution >= 0.6 is 12.2 Å². The number of carbonyl (C=O) groups excluding carboxylic acids is 1. The lowest BCUT2D eigenvalue weighted by Gasteiger charge is -2.16. The number of aromatic nitrogens is 1. The number of amides is 1. The van der Waals surface area contributed by atoms with Crippen molar-refractivity contribution in [3.63, 3.8) is 0 Å². The van der Waals surface area contributed by atoms with E-state index in [-0.39, 0.29) is 5.91 Å². The minimum absolute atomic E-state index is 0.00266. The van der Waals surface area contributed by atoms with Crippen LogP contribution in [-0.2, 0) is 4.79 Å². The van der Waals surface area contributed by atoms with Crippen LogP contribution in [0.4, 0.5) is 5.69 Å². The second-order valence-corrected chi connectivity index (χ2v) is 9.61. The Labute approximate surface area is 210 Å². The third kappa shape index (κ3) is 5.03. The van der Waals surface area contributed by atoms with Gasteiger partial charge in [0, 0.05) is 29.8 Å². The Morgan fingerprint density at radius 1 is 0.971 bits per heavy atom. The molecule has 2 fully saturated rings. The van der Waals surface area contributed by atoms with Crippen molar-refractivity contribution < 1.29 is 19.0 Å². The summed E-state index contributed by atoms with van der Waals surface area (Å²) in [6.07, 6.45) is 7.36. The van der Waals surface area contributed by atoms with E-state index >= 15 is 0 Å². The van der Waals surface area contributed by atoms with Crippen LogP contribution in [0.2, 0.25) is 0 Å². The zero-order chi connectivity index (χ0) is 24.4. The number of carbonyl (C=O) groups is 1. The van der Waals surface area contributed by atoms with Gasteiger partial charge in [0.15, 0.2) is 16.6 Å². The van der Waals surface area contributed by atoms with E-state index in [2.05, 4.69) is 15.6 Å². The normalized spacial score (nSPS) is 20.5. The van der Waals surface area contributed by atoms with Crippen LogP contribution in [0.25, 0.3) is 10.9 Å². The smallest absolute Gasteiger partial charge is 0.226 e. The Balaban J connectivity index is 1.20. The summed E-state index contributed by atoms with van der Waals surface area (Å²) in [4.78, 5) is 16.9. The van der Waals surface area contributed by atoms with Gasteiger partial charge in [-0.25, -0.2) is 0 Å². The Kier molecular flexibility index (Phi) is 6.72. The molecule has 1 heterocycles. The number of thiocarbonyl (C=S) groups is 1. The molecule has 2 aliphatic rings. The van der Waals surface area contributed by atoms with Gasteiger partial charge in [-0.3, -0.25) is 9.78 Å². The summed E-state index contributed by atoms with van der Waals surface area (Å²) >= 11 is 5.36. The first-order chi connectivity index (χ1) is 17.0. The molecule has 182 valence electrons. The maximum Gasteiger partial charge on any atom is 0.226 e. The van der Waals surface area contributed by atoms with Crippen molar-refractivity contribution in [3.05, 3.63) is 48.7 Å². The summed E-state index contributed by atoms with van der Waals surface area (Å²) in [6.45, 7) is 0. The van der Waals surface area contributed by atoms with E-state index in [0.717, 1.165) is 28.4 Å². The first-order valence-electron chi connectivity index (χ1n) is 11.9. The van der Waals surface area contributed by atoms with Gasteiger partial charge in [0.2, 0.25) is 5.91 Å². The van der Waals surface area contributed by atoms with E-state index < -0.39 is 0 Å². The number of hydrogen-bond donors (Lipinski definition) is 2. The number of nitrogens with one attached hydrogen (secondary N) is 2. The maximum absolute atomic E-state index is 12.5. The molecule has 5 rings (SSSR count). The van der Waals surface area contributed by atoms with Crippen LogP contribution in [0.15, 0.2) is 48.7 Å². The molecule has 2 aliphatic carbocycles. The number of ether oxygens (including phenoxy) is 3. The quantitative estimate of drug-likeness (QED) is 0.411. The van der Waals surface area contributed by atoms with Crippen molar-refractivity contribution in [1.29, 1.82) is 0 Å². The van der Waals surface area contributed by atoms with Gasteiger partial charge in [-0.2, -0.15) is 0 Å². The third-order valence-corrected chi connectivity index (χ3v) is 7.45. The zero-order valence-electron chi connectivity index (χ0n) is 19.9. The van der Waals surface area contributed by atoms with Gasteiger partial charge in [-0.15, -0.1) is 0 Å². The minimum atomic E-state index is 0.00266. The Bertz CT molecular complexity index is 1230. The first kappa shape index (κ1) is 23.4. The molecule has 3 aromatic rings. The second kappa shape index (κ2) is 10.1. The predicted molar refractivity (Wildman–Crippen MR) is 139 cm³/mol. The summed E-state index contributed by atoms with van der Waals surface area (Å²) in [7, 11) is 3.19. The van der Waals surface area contributed by atoms with Crippen molar-refractivity contribution >= 4 is 39.8 Å². The highest BCUT2D eigenvalue weighted by molar-refractivity contribution is 7.80. The van der Waals surface area contributed by atoms with Crippen LogP contribution in [0, 0.1) is 17.8 Å². The van der Waals surface area contributed by atoms with Crippen LogP contribution in [0.5, 0.6) is 23.0 Å². The summed E-state index contributed by atoms with van der Waals surface area (Å²) in [6, 6.07) is 12.9. The summed E-state index contributed by atoms with van der Waals surface area (Å²) in [5.74, 6) is 4.50. The van der Waals surface area contributed by atoms with Crippen LogP contribution in [0.3, 0.4) is 0 Å². The number of anilines is 1. The molecule has 0 spiro atoms.